The van der Waals surface area contributed by atoms with E-state index in [1.165, 1.54) is 18.2 Å². The summed E-state index contributed by atoms with van der Waals surface area (Å²) in [5.41, 5.74) is 7.49. The van der Waals surface area contributed by atoms with Gasteiger partial charge in [-0.25, -0.2) is 4.39 Å². The molecule has 94 valence electrons. The molecule has 3 N–H and O–H groups in total. The van der Waals surface area contributed by atoms with Gasteiger partial charge in [0.05, 0.1) is 6.10 Å². The second-order valence-electron chi connectivity index (χ2n) is 4.13. The van der Waals surface area contributed by atoms with Crippen LogP contribution in [0.1, 0.15) is 17.2 Å². The molecular weight excluding hydrogens is 253 g/mol. The summed E-state index contributed by atoms with van der Waals surface area (Å²) in [7, 11) is 0. The molecule has 0 saturated carbocycles. The summed E-state index contributed by atoms with van der Waals surface area (Å²) >= 11 is 5.96. The van der Waals surface area contributed by atoms with E-state index < -0.39 is 6.10 Å². The Morgan fingerprint density at radius 2 is 2.00 bits per heavy atom. The fourth-order valence-corrected chi connectivity index (χ4v) is 1.99. The molecule has 0 aromatic heterocycles. The Morgan fingerprint density at radius 1 is 1.22 bits per heavy atom. The number of halogens is 2. The number of nitrogen functional groups attached to an aromatic ring is 1. The van der Waals surface area contributed by atoms with E-state index in [1.807, 2.05) is 0 Å². The van der Waals surface area contributed by atoms with Crippen molar-refractivity contribution >= 4 is 17.3 Å². The molecule has 0 radical (unpaired) electrons. The number of hydrogen-bond donors (Lipinski definition) is 2. The average molecular weight is 266 g/mol. The van der Waals surface area contributed by atoms with Crippen molar-refractivity contribution in [3.05, 3.63) is 64.4 Å². The van der Waals surface area contributed by atoms with E-state index in [4.69, 9.17) is 17.3 Å². The van der Waals surface area contributed by atoms with E-state index in [0.29, 0.717) is 21.8 Å². The second-order valence-corrected chi connectivity index (χ2v) is 4.53. The minimum absolute atomic E-state index is 0.250. The fourth-order valence-electron chi connectivity index (χ4n) is 1.79. The van der Waals surface area contributed by atoms with E-state index in [2.05, 4.69) is 0 Å². The molecule has 0 amide bonds. The minimum Gasteiger partial charge on any atom is -0.399 e. The Labute approximate surface area is 110 Å². The van der Waals surface area contributed by atoms with Gasteiger partial charge < -0.3 is 10.8 Å². The summed E-state index contributed by atoms with van der Waals surface area (Å²) in [6, 6.07) is 11.1. The molecule has 18 heavy (non-hydrogen) atoms. The number of benzene rings is 2. The van der Waals surface area contributed by atoms with Crippen molar-refractivity contribution in [2.75, 3.05) is 5.73 Å². The molecule has 1 atom stereocenters. The lowest BCUT2D eigenvalue weighted by Crippen LogP contribution is -2.03. The van der Waals surface area contributed by atoms with Gasteiger partial charge in [0.25, 0.3) is 0 Å². The van der Waals surface area contributed by atoms with Crippen LogP contribution in [-0.4, -0.2) is 5.11 Å². The monoisotopic (exact) mass is 265 g/mol. The molecule has 2 rings (SSSR count). The first-order chi connectivity index (χ1) is 8.56. The highest BCUT2D eigenvalue weighted by Crippen LogP contribution is 2.25. The summed E-state index contributed by atoms with van der Waals surface area (Å²) in [5.74, 6) is -0.367. The summed E-state index contributed by atoms with van der Waals surface area (Å²) in [6.07, 6.45) is -0.507. The van der Waals surface area contributed by atoms with Crippen molar-refractivity contribution in [1.82, 2.24) is 0 Å². The Bertz CT molecular complexity index is 559. The first kappa shape index (κ1) is 12.9. The maximum Gasteiger partial charge on any atom is 0.123 e. The number of aliphatic hydroxyl groups excluding tert-OH is 1. The third kappa shape index (κ3) is 3.00. The number of nitrogens with two attached hydrogens (primary N) is 1. The van der Waals surface area contributed by atoms with Crippen LogP contribution in [0.3, 0.4) is 0 Å². The minimum atomic E-state index is -0.757. The molecule has 2 aromatic carbocycles. The third-order valence-electron chi connectivity index (χ3n) is 2.72. The molecule has 0 aliphatic heterocycles. The van der Waals surface area contributed by atoms with Gasteiger partial charge in [-0.1, -0.05) is 23.7 Å². The van der Waals surface area contributed by atoms with Gasteiger partial charge in [0.15, 0.2) is 0 Å². The topological polar surface area (TPSA) is 46.2 Å². The van der Waals surface area contributed by atoms with E-state index in [1.54, 1.807) is 24.3 Å². The lowest BCUT2D eigenvalue weighted by Gasteiger charge is -2.12. The first-order valence-electron chi connectivity index (χ1n) is 5.53. The van der Waals surface area contributed by atoms with Crippen LogP contribution >= 0.6 is 11.6 Å². The van der Waals surface area contributed by atoms with E-state index in [9.17, 15) is 9.50 Å². The van der Waals surface area contributed by atoms with Crippen LogP contribution in [0.4, 0.5) is 10.1 Å². The van der Waals surface area contributed by atoms with Gasteiger partial charge in [0.1, 0.15) is 5.82 Å². The molecule has 0 fully saturated rings. The predicted molar refractivity (Wildman–Crippen MR) is 70.9 cm³/mol. The highest BCUT2D eigenvalue weighted by molar-refractivity contribution is 6.31. The molecular formula is C14H13ClFNO. The van der Waals surface area contributed by atoms with Gasteiger partial charge in [-0.05, 0) is 41.5 Å². The maximum absolute atomic E-state index is 13.1. The predicted octanol–water partition coefficient (Wildman–Crippen LogP) is 3.34. The Morgan fingerprint density at radius 3 is 2.72 bits per heavy atom. The zero-order valence-electron chi connectivity index (χ0n) is 9.61. The van der Waals surface area contributed by atoms with Gasteiger partial charge in [0, 0.05) is 17.1 Å². The highest BCUT2D eigenvalue weighted by Gasteiger charge is 2.11. The van der Waals surface area contributed by atoms with Crippen LogP contribution in [0.15, 0.2) is 42.5 Å². The molecule has 0 spiro atoms. The van der Waals surface area contributed by atoms with Gasteiger partial charge in [0.2, 0.25) is 0 Å². The number of anilines is 1. The molecule has 0 heterocycles. The second kappa shape index (κ2) is 5.38. The maximum atomic E-state index is 13.1. The van der Waals surface area contributed by atoms with Crippen molar-refractivity contribution < 1.29 is 9.50 Å². The largest absolute Gasteiger partial charge is 0.399 e. The summed E-state index contributed by atoms with van der Waals surface area (Å²) in [5, 5.41) is 10.5. The van der Waals surface area contributed by atoms with Crippen molar-refractivity contribution in [2.45, 2.75) is 12.5 Å². The summed E-state index contributed by atoms with van der Waals surface area (Å²) in [6.45, 7) is 0. The van der Waals surface area contributed by atoms with E-state index in [-0.39, 0.29) is 12.2 Å². The number of hydrogen-bond acceptors (Lipinski definition) is 2. The average Bonchev–Trinajstić information content (AvgIpc) is 2.34. The Kier molecular flexibility index (Phi) is 3.84. The third-order valence-corrected chi connectivity index (χ3v) is 3.09. The zero-order chi connectivity index (χ0) is 13.1. The van der Waals surface area contributed by atoms with E-state index in [0.717, 1.165) is 0 Å². The molecule has 4 heteroatoms. The summed E-state index contributed by atoms with van der Waals surface area (Å²) in [4.78, 5) is 0. The Hall–Kier alpha value is -1.58. The smallest absolute Gasteiger partial charge is 0.123 e. The molecule has 2 nitrogen and oxygen atoms in total. The molecule has 2 aromatic rings. The first-order valence-corrected chi connectivity index (χ1v) is 5.91. The van der Waals surface area contributed by atoms with Crippen LogP contribution in [0, 0.1) is 5.82 Å². The van der Waals surface area contributed by atoms with Gasteiger partial charge in [-0.3, -0.25) is 0 Å². The highest BCUT2D eigenvalue weighted by atomic mass is 35.5. The number of aliphatic hydroxyl groups is 1. The van der Waals surface area contributed by atoms with Crippen LogP contribution in [0.5, 0.6) is 0 Å². The molecule has 0 aliphatic rings. The van der Waals surface area contributed by atoms with Crippen molar-refractivity contribution in [1.29, 1.82) is 0 Å². The van der Waals surface area contributed by atoms with Crippen molar-refractivity contribution in [3.63, 3.8) is 0 Å². The van der Waals surface area contributed by atoms with Crippen LogP contribution < -0.4 is 5.73 Å². The van der Waals surface area contributed by atoms with Crippen LogP contribution in [0.25, 0.3) is 0 Å². The molecule has 1 unspecified atom stereocenters. The lowest BCUT2D eigenvalue weighted by molar-refractivity contribution is 0.178. The fraction of sp³-hybridized carbons (Fsp3) is 0.143. The van der Waals surface area contributed by atoms with Crippen molar-refractivity contribution in [2.24, 2.45) is 0 Å². The Balaban J connectivity index is 2.21. The lowest BCUT2D eigenvalue weighted by atomic mass is 10.0. The summed E-state index contributed by atoms with van der Waals surface area (Å²) < 4.78 is 13.1. The van der Waals surface area contributed by atoms with Gasteiger partial charge >= 0.3 is 0 Å². The molecule has 0 aliphatic carbocycles. The van der Waals surface area contributed by atoms with E-state index >= 15 is 0 Å². The standard InChI is InChI=1S/C14H13ClFNO/c15-13-5-4-11(16)6-10(13)8-14(18)9-2-1-3-12(17)7-9/h1-7,14,18H,8,17H2. The van der Waals surface area contributed by atoms with Crippen LogP contribution in [-0.2, 0) is 6.42 Å². The van der Waals surface area contributed by atoms with Crippen LogP contribution in [0.2, 0.25) is 5.02 Å². The SMILES string of the molecule is Nc1cccc(C(O)Cc2cc(F)ccc2Cl)c1. The quantitative estimate of drug-likeness (QED) is 0.836. The van der Waals surface area contributed by atoms with Crippen molar-refractivity contribution in [3.8, 4) is 0 Å². The normalized spacial score (nSPS) is 12.4. The molecule has 0 bridgehead atoms. The number of rotatable bonds is 3. The van der Waals surface area contributed by atoms with Gasteiger partial charge in [-0.15, -0.1) is 0 Å². The zero-order valence-corrected chi connectivity index (χ0v) is 10.4. The van der Waals surface area contributed by atoms with Gasteiger partial charge in [-0.2, -0.15) is 0 Å². The molecule has 0 saturated heterocycles.